The van der Waals surface area contributed by atoms with E-state index in [9.17, 15) is 14.3 Å². The molecule has 1 saturated heterocycles. The molecule has 2 rings (SSSR count). The number of cyclic esters (lactones) is 1. The molecule has 2 N–H and O–H groups in total. The normalized spacial score (nSPS) is 22.8. The molecule has 0 saturated carbocycles. The molecule has 1 aliphatic rings. The molecule has 0 bridgehead atoms. The summed E-state index contributed by atoms with van der Waals surface area (Å²) in [5.41, 5.74) is -0.0502. The first-order chi connectivity index (χ1) is 7.92. The van der Waals surface area contributed by atoms with Gasteiger partial charge in [0.2, 0.25) is 0 Å². The van der Waals surface area contributed by atoms with Gasteiger partial charge in [0.1, 0.15) is 6.61 Å². The molecule has 1 amide bonds. The van der Waals surface area contributed by atoms with Crippen LogP contribution in [0.5, 0.6) is 5.75 Å². The summed E-state index contributed by atoms with van der Waals surface area (Å²) >= 11 is 0. The number of ether oxygens (including phenoxy) is 1. The highest BCUT2D eigenvalue weighted by molar-refractivity contribution is 5.69. The van der Waals surface area contributed by atoms with Crippen molar-refractivity contribution in [2.24, 2.45) is 5.41 Å². The van der Waals surface area contributed by atoms with E-state index in [-0.39, 0.29) is 6.61 Å². The highest BCUT2D eigenvalue weighted by atomic mass is 19.1. The fourth-order valence-electron chi connectivity index (χ4n) is 1.95. The van der Waals surface area contributed by atoms with Crippen LogP contribution in [0.4, 0.5) is 9.18 Å². The summed E-state index contributed by atoms with van der Waals surface area (Å²) in [6.45, 7) is 3.97. The minimum Gasteiger partial charge on any atom is -0.505 e. The number of benzene rings is 1. The molecule has 0 unspecified atom stereocenters. The molecule has 5 heteroatoms. The van der Waals surface area contributed by atoms with E-state index in [4.69, 9.17) is 4.74 Å². The van der Waals surface area contributed by atoms with Gasteiger partial charge < -0.3 is 15.2 Å². The number of carbonyl (C=O) groups is 1. The highest BCUT2D eigenvalue weighted by Gasteiger charge is 2.39. The van der Waals surface area contributed by atoms with Crippen molar-refractivity contribution >= 4 is 6.09 Å². The standard InChI is InChI=1S/C12H14FNO3/c1-12(2)6-17-11(16)14-10(12)7-4-3-5-8(13)9(7)15/h3-5,10,15H,6H2,1-2H3,(H,14,16)/t10-/m1/s1. The summed E-state index contributed by atoms with van der Waals surface area (Å²) in [5.74, 6) is -1.12. The van der Waals surface area contributed by atoms with Crippen LogP contribution in [0.15, 0.2) is 18.2 Å². The predicted molar refractivity (Wildman–Crippen MR) is 59.1 cm³/mol. The minimum absolute atomic E-state index is 0.222. The Morgan fingerprint density at radius 3 is 2.94 bits per heavy atom. The van der Waals surface area contributed by atoms with Crippen molar-refractivity contribution in [3.8, 4) is 5.75 Å². The number of hydrogen-bond donors (Lipinski definition) is 2. The molecular formula is C12H14FNO3. The third kappa shape index (κ3) is 2.05. The fourth-order valence-corrected chi connectivity index (χ4v) is 1.95. The van der Waals surface area contributed by atoms with Gasteiger partial charge >= 0.3 is 6.09 Å². The number of carbonyl (C=O) groups excluding carboxylic acids is 1. The van der Waals surface area contributed by atoms with Crippen molar-refractivity contribution in [1.82, 2.24) is 5.32 Å². The van der Waals surface area contributed by atoms with E-state index >= 15 is 0 Å². The zero-order valence-electron chi connectivity index (χ0n) is 9.66. The van der Waals surface area contributed by atoms with Crippen LogP contribution in [-0.4, -0.2) is 17.8 Å². The number of phenols is 1. The monoisotopic (exact) mass is 239 g/mol. The van der Waals surface area contributed by atoms with Crippen molar-refractivity contribution in [3.63, 3.8) is 0 Å². The van der Waals surface area contributed by atoms with E-state index < -0.39 is 29.1 Å². The van der Waals surface area contributed by atoms with Crippen LogP contribution in [0.25, 0.3) is 0 Å². The van der Waals surface area contributed by atoms with E-state index in [2.05, 4.69) is 5.32 Å². The molecule has 1 aliphatic heterocycles. The maximum atomic E-state index is 13.3. The van der Waals surface area contributed by atoms with E-state index in [0.29, 0.717) is 5.56 Å². The number of nitrogens with one attached hydrogen (secondary N) is 1. The fraction of sp³-hybridized carbons (Fsp3) is 0.417. The van der Waals surface area contributed by atoms with E-state index in [1.807, 2.05) is 13.8 Å². The Labute approximate surface area is 98.4 Å². The van der Waals surface area contributed by atoms with Crippen molar-refractivity contribution < 1.29 is 19.0 Å². The average molecular weight is 239 g/mol. The lowest BCUT2D eigenvalue weighted by atomic mass is 9.80. The van der Waals surface area contributed by atoms with Gasteiger partial charge in [-0.2, -0.15) is 0 Å². The van der Waals surface area contributed by atoms with Crippen LogP contribution in [-0.2, 0) is 4.74 Å². The van der Waals surface area contributed by atoms with Gasteiger partial charge in [0.05, 0.1) is 6.04 Å². The molecule has 0 spiro atoms. The lowest BCUT2D eigenvalue weighted by molar-refractivity contribution is 0.0380. The minimum atomic E-state index is -0.695. The van der Waals surface area contributed by atoms with Crippen LogP contribution in [0, 0.1) is 11.2 Å². The van der Waals surface area contributed by atoms with Crippen LogP contribution in [0.3, 0.4) is 0 Å². The molecule has 1 aromatic carbocycles. The molecule has 0 radical (unpaired) electrons. The number of amides is 1. The molecule has 0 aromatic heterocycles. The van der Waals surface area contributed by atoms with E-state index in [1.165, 1.54) is 12.1 Å². The molecule has 1 aromatic rings. The van der Waals surface area contributed by atoms with Crippen molar-refractivity contribution in [1.29, 1.82) is 0 Å². The van der Waals surface area contributed by atoms with Gasteiger partial charge in [-0.1, -0.05) is 26.0 Å². The second kappa shape index (κ2) is 3.91. The van der Waals surface area contributed by atoms with Gasteiger partial charge in [-0.05, 0) is 6.07 Å². The third-order valence-corrected chi connectivity index (χ3v) is 2.95. The molecular weight excluding hydrogens is 225 g/mol. The van der Waals surface area contributed by atoms with Gasteiger partial charge in [-0.25, -0.2) is 9.18 Å². The summed E-state index contributed by atoms with van der Waals surface area (Å²) < 4.78 is 18.2. The van der Waals surface area contributed by atoms with E-state index in [1.54, 1.807) is 6.07 Å². The molecule has 92 valence electrons. The first kappa shape index (κ1) is 11.7. The van der Waals surface area contributed by atoms with Crippen LogP contribution < -0.4 is 5.32 Å². The summed E-state index contributed by atoms with van der Waals surface area (Å²) in [5, 5.41) is 12.3. The number of para-hydroxylation sites is 1. The Bertz CT molecular complexity index is 459. The van der Waals surface area contributed by atoms with Gasteiger partial charge in [0.25, 0.3) is 0 Å². The summed E-state index contributed by atoms with van der Waals surface area (Å²) in [7, 11) is 0. The summed E-state index contributed by atoms with van der Waals surface area (Å²) in [4.78, 5) is 11.2. The van der Waals surface area contributed by atoms with Crippen molar-refractivity contribution in [2.45, 2.75) is 19.9 Å². The number of halogens is 1. The first-order valence-corrected chi connectivity index (χ1v) is 5.32. The smallest absolute Gasteiger partial charge is 0.407 e. The molecule has 1 atom stereocenters. The zero-order valence-corrected chi connectivity index (χ0v) is 9.66. The van der Waals surface area contributed by atoms with Gasteiger partial charge in [-0.15, -0.1) is 0 Å². The molecule has 1 heterocycles. The van der Waals surface area contributed by atoms with Gasteiger partial charge in [-0.3, -0.25) is 0 Å². The maximum Gasteiger partial charge on any atom is 0.407 e. The Kier molecular flexibility index (Phi) is 2.69. The van der Waals surface area contributed by atoms with Crippen LogP contribution in [0.1, 0.15) is 25.5 Å². The Morgan fingerprint density at radius 2 is 2.24 bits per heavy atom. The van der Waals surface area contributed by atoms with Gasteiger partial charge in [0, 0.05) is 11.0 Å². The Balaban J connectivity index is 2.43. The topological polar surface area (TPSA) is 58.6 Å². The third-order valence-electron chi connectivity index (χ3n) is 2.95. The van der Waals surface area contributed by atoms with Crippen molar-refractivity contribution in [2.75, 3.05) is 6.61 Å². The number of rotatable bonds is 1. The SMILES string of the molecule is CC1(C)COC(=O)N[C@@H]1c1cccc(F)c1O. The summed E-state index contributed by atoms with van der Waals surface area (Å²) in [6.07, 6.45) is -0.557. The Morgan fingerprint density at radius 1 is 1.53 bits per heavy atom. The lowest BCUT2D eigenvalue weighted by Crippen LogP contribution is -2.46. The number of phenolic OH excluding ortho intramolecular Hbond substituents is 1. The van der Waals surface area contributed by atoms with Crippen LogP contribution in [0.2, 0.25) is 0 Å². The van der Waals surface area contributed by atoms with Crippen LogP contribution >= 0.6 is 0 Å². The first-order valence-electron chi connectivity index (χ1n) is 5.32. The predicted octanol–water partition coefficient (Wildman–Crippen LogP) is 2.34. The lowest BCUT2D eigenvalue weighted by Gasteiger charge is -2.38. The number of hydrogen-bond acceptors (Lipinski definition) is 3. The average Bonchev–Trinajstić information content (AvgIpc) is 2.26. The molecule has 17 heavy (non-hydrogen) atoms. The maximum absolute atomic E-state index is 13.3. The Hall–Kier alpha value is -1.78. The second-order valence-electron chi connectivity index (χ2n) is 4.82. The number of aromatic hydroxyl groups is 1. The highest BCUT2D eigenvalue weighted by Crippen LogP contribution is 2.40. The zero-order chi connectivity index (χ0) is 12.6. The van der Waals surface area contributed by atoms with Gasteiger partial charge in [0.15, 0.2) is 11.6 Å². The van der Waals surface area contributed by atoms with Crippen molar-refractivity contribution in [3.05, 3.63) is 29.6 Å². The molecule has 0 aliphatic carbocycles. The largest absolute Gasteiger partial charge is 0.505 e. The number of alkyl carbamates (subject to hydrolysis) is 1. The molecule has 1 fully saturated rings. The molecule has 4 nitrogen and oxygen atoms in total. The second-order valence-corrected chi connectivity index (χ2v) is 4.82. The quantitative estimate of drug-likeness (QED) is 0.790. The van der Waals surface area contributed by atoms with E-state index in [0.717, 1.165) is 0 Å². The summed E-state index contributed by atoms with van der Waals surface area (Å²) in [6, 6.07) is 3.80.